The molecule has 186 valence electrons. The first-order valence-corrected chi connectivity index (χ1v) is 11.6. The van der Waals surface area contributed by atoms with Crippen LogP contribution in [-0.2, 0) is 25.4 Å². The third kappa shape index (κ3) is 14.0. The number of rotatable bonds is 8. The summed E-state index contributed by atoms with van der Waals surface area (Å²) in [6.45, 7) is 11.0. The smallest absolute Gasteiger partial charge is 0.350 e. The summed E-state index contributed by atoms with van der Waals surface area (Å²) in [7, 11) is -4.16. The molecule has 1 atom stereocenters. The van der Waals surface area contributed by atoms with Gasteiger partial charge in [-0.1, -0.05) is 27.7 Å². The molecule has 0 aliphatic heterocycles. The van der Waals surface area contributed by atoms with E-state index in [4.69, 9.17) is 30.5 Å². The number of carboxylic acids is 2. The number of aromatic nitrogens is 4. The molecule has 14 heteroatoms. The minimum atomic E-state index is -4.16. The predicted octanol–water partition coefficient (Wildman–Crippen LogP) is 1.96. The van der Waals surface area contributed by atoms with E-state index < -0.39 is 32.0 Å². The van der Waals surface area contributed by atoms with Crippen LogP contribution in [0.25, 0.3) is 11.2 Å². The molecule has 2 heterocycles. The van der Waals surface area contributed by atoms with Crippen molar-refractivity contribution < 1.29 is 38.9 Å². The molecule has 0 aliphatic carbocycles. The highest BCUT2D eigenvalue weighted by Gasteiger charge is 2.17. The Morgan fingerprint density at radius 1 is 1.06 bits per heavy atom. The predicted molar refractivity (Wildman–Crippen MR) is 121 cm³/mol. The lowest BCUT2D eigenvalue weighted by Gasteiger charge is -2.14. The summed E-state index contributed by atoms with van der Waals surface area (Å²) < 4.78 is 17.5. The third-order valence-corrected chi connectivity index (χ3v) is 4.60. The molecule has 0 saturated heterocycles. The van der Waals surface area contributed by atoms with Crippen LogP contribution in [0.2, 0.25) is 0 Å². The van der Waals surface area contributed by atoms with Gasteiger partial charge in [0.15, 0.2) is 11.5 Å². The Morgan fingerprint density at radius 3 is 2.00 bits per heavy atom. The standard InChI is InChI=1S/C9H14N5O4P.C6H14.C4H4O4/c1-6(18-5-19(15,16)17)2-14-4-13-7-8(10)11-3-12-9(7)14;1-5(2)6(3)4;5-3(6)1-2-4(7)8/h3-4,6H,2,5H2,1H3,(H2,10,11,12)(H2,15,16,17);5-6H,1-4H3;1-2H,(H,5,6)(H,7,8)/b;;2-1+/t6-;;/m1../s1. The van der Waals surface area contributed by atoms with Gasteiger partial charge in [-0.3, -0.25) is 4.57 Å². The van der Waals surface area contributed by atoms with Gasteiger partial charge in [-0.25, -0.2) is 24.5 Å². The van der Waals surface area contributed by atoms with E-state index in [1.54, 1.807) is 11.5 Å². The van der Waals surface area contributed by atoms with Crippen LogP contribution < -0.4 is 5.73 Å². The molecule has 2 aromatic heterocycles. The molecule has 0 aliphatic rings. The number of imidazole rings is 1. The molecule has 0 bridgehead atoms. The van der Waals surface area contributed by atoms with Gasteiger partial charge in [-0.15, -0.1) is 0 Å². The SMILES string of the molecule is CC(C)C(C)C.C[C@H](Cn1cnc2c(N)ncnc21)OCP(=O)(O)O.O=C(O)/C=C/C(=O)O. The Bertz CT molecular complexity index is 948. The van der Waals surface area contributed by atoms with Crippen LogP contribution in [0.4, 0.5) is 5.82 Å². The van der Waals surface area contributed by atoms with Crippen molar-refractivity contribution >= 4 is 36.5 Å². The van der Waals surface area contributed by atoms with Crippen LogP contribution in [-0.4, -0.2) is 63.9 Å². The summed E-state index contributed by atoms with van der Waals surface area (Å²) in [4.78, 5) is 48.5. The van der Waals surface area contributed by atoms with Gasteiger partial charge in [0.2, 0.25) is 0 Å². The first kappa shape index (κ1) is 30.1. The number of anilines is 1. The van der Waals surface area contributed by atoms with Gasteiger partial charge in [-0.2, -0.15) is 0 Å². The summed E-state index contributed by atoms with van der Waals surface area (Å²) in [5.41, 5.74) is 6.70. The van der Waals surface area contributed by atoms with Crippen molar-refractivity contribution in [2.45, 2.75) is 47.3 Å². The maximum Gasteiger partial charge on any atom is 0.350 e. The minimum absolute atomic E-state index is 0.285. The summed E-state index contributed by atoms with van der Waals surface area (Å²) in [5, 5.41) is 15.6. The van der Waals surface area contributed by atoms with Gasteiger partial charge < -0.3 is 35.0 Å². The number of hydrogen-bond acceptors (Lipinski definition) is 8. The fourth-order valence-electron chi connectivity index (χ4n) is 1.73. The van der Waals surface area contributed by atoms with E-state index in [0.717, 1.165) is 11.8 Å². The number of nitrogens with zero attached hydrogens (tertiary/aromatic N) is 4. The van der Waals surface area contributed by atoms with Crippen LogP contribution in [0, 0.1) is 11.8 Å². The molecule has 33 heavy (non-hydrogen) atoms. The molecular formula is C19H32N5O8P. The molecule has 2 aromatic rings. The minimum Gasteiger partial charge on any atom is -0.478 e. The zero-order valence-electron chi connectivity index (χ0n) is 19.2. The largest absolute Gasteiger partial charge is 0.478 e. The van der Waals surface area contributed by atoms with Crippen LogP contribution in [0.3, 0.4) is 0 Å². The third-order valence-electron chi connectivity index (χ3n) is 4.11. The summed E-state index contributed by atoms with van der Waals surface area (Å²) >= 11 is 0. The second kappa shape index (κ2) is 14.3. The monoisotopic (exact) mass is 489 g/mol. The van der Waals surface area contributed by atoms with Crippen molar-refractivity contribution in [1.29, 1.82) is 0 Å². The molecule has 2 rings (SSSR count). The molecule has 0 fully saturated rings. The van der Waals surface area contributed by atoms with E-state index in [1.807, 2.05) is 0 Å². The highest BCUT2D eigenvalue weighted by atomic mass is 31.2. The van der Waals surface area contributed by atoms with Crippen molar-refractivity contribution in [3.8, 4) is 0 Å². The lowest BCUT2D eigenvalue weighted by atomic mass is 10.0. The Kier molecular flexibility index (Phi) is 13.1. The van der Waals surface area contributed by atoms with E-state index in [1.165, 1.54) is 12.7 Å². The summed E-state index contributed by atoms with van der Waals surface area (Å²) in [6, 6.07) is 0. The fraction of sp³-hybridized carbons (Fsp3) is 0.526. The van der Waals surface area contributed by atoms with Gasteiger partial charge in [0.05, 0.1) is 19.0 Å². The van der Waals surface area contributed by atoms with Crippen molar-refractivity contribution in [1.82, 2.24) is 19.5 Å². The molecule has 0 saturated carbocycles. The lowest BCUT2D eigenvalue weighted by Crippen LogP contribution is -2.17. The van der Waals surface area contributed by atoms with Crippen molar-refractivity contribution in [3.63, 3.8) is 0 Å². The van der Waals surface area contributed by atoms with Crippen LogP contribution in [0.5, 0.6) is 0 Å². The average Bonchev–Trinajstić information content (AvgIpc) is 3.09. The number of hydrogen-bond donors (Lipinski definition) is 5. The van der Waals surface area contributed by atoms with Gasteiger partial charge in [0, 0.05) is 12.2 Å². The quantitative estimate of drug-likeness (QED) is 0.266. The van der Waals surface area contributed by atoms with Gasteiger partial charge >= 0.3 is 19.5 Å². The molecule has 0 radical (unpaired) electrons. The van der Waals surface area contributed by atoms with E-state index in [0.29, 0.717) is 29.9 Å². The maximum absolute atomic E-state index is 10.7. The number of nitrogens with two attached hydrogens (primary N) is 1. The second-order valence-electron chi connectivity index (χ2n) is 7.60. The molecule has 0 unspecified atom stereocenters. The first-order valence-electron chi connectivity index (χ1n) is 9.85. The van der Waals surface area contributed by atoms with Crippen LogP contribution >= 0.6 is 7.60 Å². The zero-order chi connectivity index (χ0) is 25.8. The molecule has 0 amide bonds. The van der Waals surface area contributed by atoms with Gasteiger partial charge in [-0.05, 0) is 18.8 Å². The number of ether oxygens (including phenoxy) is 1. The van der Waals surface area contributed by atoms with Crippen molar-refractivity contribution in [2.24, 2.45) is 11.8 Å². The fourth-order valence-corrected chi connectivity index (χ4v) is 2.18. The van der Waals surface area contributed by atoms with E-state index in [2.05, 4.69) is 42.6 Å². The average molecular weight is 489 g/mol. The Labute approximate surface area is 191 Å². The molecule has 0 aromatic carbocycles. The summed E-state index contributed by atoms with van der Waals surface area (Å²) in [6.07, 6.45) is 2.97. The Hall–Kier alpha value is -2.86. The second-order valence-corrected chi connectivity index (χ2v) is 9.18. The highest BCUT2D eigenvalue weighted by molar-refractivity contribution is 7.51. The number of aliphatic carboxylic acids is 2. The van der Waals surface area contributed by atoms with E-state index in [9.17, 15) is 14.2 Å². The number of carbonyl (C=O) groups is 2. The number of nitrogen functional groups attached to an aromatic ring is 1. The van der Waals surface area contributed by atoms with Gasteiger partial charge in [0.1, 0.15) is 18.2 Å². The summed E-state index contributed by atoms with van der Waals surface area (Å²) in [5.74, 6) is -0.526. The van der Waals surface area contributed by atoms with Crippen LogP contribution in [0.1, 0.15) is 34.6 Å². The topological polar surface area (TPSA) is 211 Å². The molecule has 13 nitrogen and oxygen atoms in total. The van der Waals surface area contributed by atoms with Crippen molar-refractivity contribution in [3.05, 3.63) is 24.8 Å². The Morgan fingerprint density at radius 2 is 1.58 bits per heavy atom. The maximum atomic E-state index is 10.7. The Balaban J connectivity index is 0.000000606. The number of fused-ring (bicyclic) bond motifs is 1. The lowest BCUT2D eigenvalue weighted by molar-refractivity contribution is -0.134. The highest BCUT2D eigenvalue weighted by Crippen LogP contribution is 2.34. The molecule has 0 spiro atoms. The normalized spacial score (nSPS) is 12.3. The number of carboxylic acid groups (broad SMARTS) is 2. The zero-order valence-corrected chi connectivity index (χ0v) is 20.1. The molecular weight excluding hydrogens is 457 g/mol. The molecule has 6 N–H and O–H groups in total. The van der Waals surface area contributed by atoms with E-state index in [-0.39, 0.29) is 5.82 Å². The van der Waals surface area contributed by atoms with E-state index >= 15 is 0 Å². The van der Waals surface area contributed by atoms with Crippen molar-refractivity contribution in [2.75, 3.05) is 12.1 Å². The first-order chi connectivity index (χ1) is 15.1. The van der Waals surface area contributed by atoms with Crippen LogP contribution in [0.15, 0.2) is 24.8 Å². The van der Waals surface area contributed by atoms with Gasteiger partial charge in [0.25, 0.3) is 0 Å².